The minimum atomic E-state index is 0.0392. The smallest absolute Gasteiger partial charge is 0.222 e. The van der Waals surface area contributed by atoms with E-state index >= 15 is 0 Å². The van der Waals surface area contributed by atoms with Crippen molar-refractivity contribution in [1.82, 2.24) is 14.5 Å². The number of carbonyl (C=O) groups excluding carboxylic acids is 1. The molecule has 20 heavy (non-hydrogen) atoms. The van der Waals surface area contributed by atoms with Crippen molar-refractivity contribution in [2.45, 2.75) is 26.3 Å². The average molecular weight is 281 g/mol. The summed E-state index contributed by atoms with van der Waals surface area (Å²) in [4.78, 5) is 18.2. The zero-order valence-corrected chi connectivity index (χ0v) is 12.0. The molecular weight excluding hydrogens is 258 g/mol. The Labute approximate surface area is 119 Å². The molecule has 0 aromatic carbocycles. The Morgan fingerprint density at radius 1 is 1.60 bits per heavy atom. The molecule has 6 nitrogen and oxygen atoms in total. The van der Waals surface area contributed by atoms with E-state index in [9.17, 15) is 9.90 Å². The lowest BCUT2D eigenvalue weighted by molar-refractivity contribution is -0.131. The van der Waals surface area contributed by atoms with E-state index in [0.29, 0.717) is 32.7 Å². The van der Waals surface area contributed by atoms with Gasteiger partial charge in [-0.05, 0) is 13.3 Å². The summed E-state index contributed by atoms with van der Waals surface area (Å²) in [6.45, 7) is 5.15. The van der Waals surface area contributed by atoms with Gasteiger partial charge in [-0.2, -0.15) is 0 Å². The van der Waals surface area contributed by atoms with Crippen LogP contribution in [0.2, 0.25) is 0 Å². The van der Waals surface area contributed by atoms with E-state index in [4.69, 9.17) is 4.74 Å². The zero-order chi connectivity index (χ0) is 14.4. The SMILES string of the molecule is Cc1nccn1CCCC(=O)N1CCOCC(CO)C1. The molecule has 0 radical (unpaired) electrons. The number of nitrogens with zero attached hydrogens (tertiary/aromatic N) is 3. The molecule has 1 unspecified atom stereocenters. The van der Waals surface area contributed by atoms with E-state index in [2.05, 4.69) is 9.55 Å². The molecule has 1 aliphatic rings. The first-order valence-electron chi connectivity index (χ1n) is 7.15. The summed E-state index contributed by atoms with van der Waals surface area (Å²) in [7, 11) is 0. The molecule has 1 saturated heterocycles. The summed E-state index contributed by atoms with van der Waals surface area (Å²) in [5, 5.41) is 9.22. The summed E-state index contributed by atoms with van der Waals surface area (Å²) in [6.07, 6.45) is 5.03. The molecule has 6 heteroatoms. The second-order valence-electron chi connectivity index (χ2n) is 5.23. The third-order valence-corrected chi connectivity index (χ3v) is 3.66. The normalized spacial score (nSPS) is 19.9. The van der Waals surface area contributed by atoms with Crippen molar-refractivity contribution in [3.63, 3.8) is 0 Å². The van der Waals surface area contributed by atoms with Crippen molar-refractivity contribution in [3.05, 3.63) is 18.2 Å². The van der Waals surface area contributed by atoms with Crippen LogP contribution in [-0.2, 0) is 16.1 Å². The molecule has 0 aliphatic carbocycles. The van der Waals surface area contributed by atoms with Crippen LogP contribution in [0.4, 0.5) is 0 Å². The second kappa shape index (κ2) is 7.40. The minimum Gasteiger partial charge on any atom is -0.396 e. The number of aliphatic hydroxyl groups excluding tert-OH is 1. The number of hydrogen-bond acceptors (Lipinski definition) is 4. The molecular formula is C14H23N3O3. The average Bonchev–Trinajstić information content (AvgIpc) is 2.73. The second-order valence-corrected chi connectivity index (χ2v) is 5.23. The number of amides is 1. The molecule has 0 saturated carbocycles. The number of hydrogen-bond donors (Lipinski definition) is 1. The van der Waals surface area contributed by atoms with Gasteiger partial charge in [0.05, 0.1) is 13.2 Å². The van der Waals surface area contributed by atoms with Gasteiger partial charge in [-0.3, -0.25) is 4.79 Å². The molecule has 0 bridgehead atoms. The lowest BCUT2D eigenvalue weighted by Crippen LogP contribution is -2.36. The van der Waals surface area contributed by atoms with Crippen LogP contribution in [-0.4, -0.2) is 58.4 Å². The van der Waals surface area contributed by atoms with E-state index in [0.717, 1.165) is 18.8 Å². The lowest BCUT2D eigenvalue weighted by Gasteiger charge is -2.22. The van der Waals surface area contributed by atoms with Gasteiger partial charge in [-0.1, -0.05) is 0 Å². The van der Waals surface area contributed by atoms with Gasteiger partial charge in [0.1, 0.15) is 5.82 Å². The van der Waals surface area contributed by atoms with Gasteiger partial charge in [-0.25, -0.2) is 4.98 Å². The molecule has 1 N–H and O–H groups in total. The number of aliphatic hydroxyl groups is 1. The van der Waals surface area contributed by atoms with Gasteiger partial charge < -0.3 is 19.3 Å². The van der Waals surface area contributed by atoms with Crippen LogP contribution in [0.15, 0.2) is 12.4 Å². The predicted molar refractivity (Wildman–Crippen MR) is 74.2 cm³/mol. The molecule has 0 spiro atoms. The number of rotatable bonds is 5. The summed E-state index contributed by atoms with van der Waals surface area (Å²) >= 11 is 0. The molecule has 2 heterocycles. The Kier molecular flexibility index (Phi) is 5.55. The third kappa shape index (κ3) is 4.05. The highest BCUT2D eigenvalue weighted by atomic mass is 16.5. The van der Waals surface area contributed by atoms with Crippen LogP contribution in [0.5, 0.6) is 0 Å². The fourth-order valence-corrected chi connectivity index (χ4v) is 2.42. The van der Waals surface area contributed by atoms with Gasteiger partial charge >= 0.3 is 0 Å². The monoisotopic (exact) mass is 281 g/mol. The first-order valence-corrected chi connectivity index (χ1v) is 7.15. The molecule has 1 aromatic heterocycles. The van der Waals surface area contributed by atoms with Crippen molar-refractivity contribution in [3.8, 4) is 0 Å². The van der Waals surface area contributed by atoms with Crippen LogP contribution in [0.3, 0.4) is 0 Å². The number of imidazole rings is 1. The minimum absolute atomic E-state index is 0.0392. The van der Waals surface area contributed by atoms with Crippen LogP contribution in [0.25, 0.3) is 0 Å². The largest absolute Gasteiger partial charge is 0.396 e. The Balaban J connectivity index is 1.77. The maximum atomic E-state index is 12.2. The van der Waals surface area contributed by atoms with Crippen molar-refractivity contribution in [1.29, 1.82) is 0 Å². The molecule has 2 rings (SSSR count). The van der Waals surface area contributed by atoms with E-state index in [1.54, 1.807) is 6.20 Å². The predicted octanol–water partition coefficient (Wildman–Crippen LogP) is 0.439. The number of ether oxygens (including phenoxy) is 1. The fraction of sp³-hybridized carbons (Fsp3) is 0.714. The van der Waals surface area contributed by atoms with Gasteiger partial charge in [0.25, 0.3) is 0 Å². The highest BCUT2D eigenvalue weighted by molar-refractivity contribution is 5.76. The summed E-state index contributed by atoms with van der Waals surface area (Å²) in [6, 6.07) is 0. The maximum Gasteiger partial charge on any atom is 0.222 e. The Hall–Kier alpha value is -1.40. The quantitative estimate of drug-likeness (QED) is 0.850. The molecule has 1 amide bonds. The molecule has 1 aromatic rings. The van der Waals surface area contributed by atoms with Crippen LogP contribution in [0.1, 0.15) is 18.7 Å². The number of aryl methyl sites for hydroxylation is 2. The van der Waals surface area contributed by atoms with Gasteiger partial charge in [-0.15, -0.1) is 0 Å². The number of aromatic nitrogens is 2. The first-order chi connectivity index (χ1) is 9.70. The van der Waals surface area contributed by atoms with Crippen molar-refractivity contribution in [2.24, 2.45) is 5.92 Å². The Morgan fingerprint density at radius 3 is 3.15 bits per heavy atom. The zero-order valence-electron chi connectivity index (χ0n) is 12.0. The molecule has 112 valence electrons. The summed E-state index contributed by atoms with van der Waals surface area (Å²) in [5.41, 5.74) is 0. The van der Waals surface area contributed by atoms with Gasteiger partial charge in [0.15, 0.2) is 0 Å². The van der Waals surface area contributed by atoms with Crippen molar-refractivity contribution < 1.29 is 14.6 Å². The van der Waals surface area contributed by atoms with Crippen molar-refractivity contribution in [2.75, 3.05) is 32.9 Å². The maximum absolute atomic E-state index is 12.2. The highest BCUT2D eigenvalue weighted by Crippen LogP contribution is 2.09. The van der Waals surface area contributed by atoms with E-state index < -0.39 is 0 Å². The lowest BCUT2D eigenvalue weighted by atomic mass is 10.1. The molecule has 1 atom stereocenters. The van der Waals surface area contributed by atoms with E-state index in [1.807, 2.05) is 18.0 Å². The van der Waals surface area contributed by atoms with Crippen molar-refractivity contribution >= 4 is 5.91 Å². The fourth-order valence-electron chi connectivity index (χ4n) is 2.42. The molecule has 1 fully saturated rings. The molecule has 1 aliphatic heterocycles. The Bertz CT molecular complexity index is 433. The van der Waals surface area contributed by atoms with Crippen LogP contribution < -0.4 is 0 Å². The highest BCUT2D eigenvalue weighted by Gasteiger charge is 2.21. The van der Waals surface area contributed by atoms with Gasteiger partial charge in [0.2, 0.25) is 5.91 Å². The Morgan fingerprint density at radius 2 is 2.45 bits per heavy atom. The van der Waals surface area contributed by atoms with E-state index in [-0.39, 0.29) is 18.4 Å². The topological polar surface area (TPSA) is 67.6 Å². The van der Waals surface area contributed by atoms with Gasteiger partial charge in [0, 0.05) is 51.0 Å². The first kappa shape index (κ1) is 15.0. The van der Waals surface area contributed by atoms with Crippen LogP contribution >= 0.6 is 0 Å². The summed E-state index contributed by atoms with van der Waals surface area (Å²) < 4.78 is 7.44. The number of carbonyl (C=O) groups is 1. The van der Waals surface area contributed by atoms with E-state index in [1.165, 1.54) is 0 Å². The third-order valence-electron chi connectivity index (χ3n) is 3.66. The standard InChI is InChI=1S/C14H23N3O3/c1-12-15-4-6-16(12)5-2-3-14(19)17-7-8-20-11-13(9-17)10-18/h4,6,13,18H,2-3,5,7-11H2,1H3. The summed E-state index contributed by atoms with van der Waals surface area (Å²) in [5.74, 6) is 1.16. The van der Waals surface area contributed by atoms with Crippen LogP contribution in [0, 0.1) is 12.8 Å².